The summed E-state index contributed by atoms with van der Waals surface area (Å²) >= 11 is 7.07. The summed E-state index contributed by atoms with van der Waals surface area (Å²) < 4.78 is 31.0. The van der Waals surface area contributed by atoms with E-state index in [-0.39, 0.29) is 18.0 Å². The average molecular weight is 566 g/mol. The van der Waals surface area contributed by atoms with Crippen molar-refractivity contribution in [3.8, 4) is 0 Å². The lowest BCUT2D eigenvalue weighted by Crippen LogP contribution is -2.36. The summed E-state index contributed by atoms with van der Waals surface area (Å²) in [5.41, 5.74) is 2.96. The van der Waals surface area contributed by atoms with Gasteiger partial charge in [0.25, 0.3) is 0 Å². The maximum absolute atomic E-state index is 12.9. The van der Waals surface area contributed by atoms with E-state index < -0.39 is 16.1 Å². The van der Waals surface area contributed by atoms with Crippen LogP contribution in [0.4, 0.5) is 0 Å². The standard InChI is InChI=1S/C23H22Br2N2O3S/c1-15-3-7-19(8-4-15)31(29,30)26(2)13-18(28)14-27-22-9-5-16(24)11-20(22)21-12-17(25)6-10-23(21)27/h3-12,18,28H,13-14H2,1-2H3/t18-/m1/s1. The average Bonchev–Trinajstić information content (AvgIpc) is 3.00. The van der Waals surface area contributed by atoms with Crippen molar-refractivity contribution < 1.29 is 13.5 Å². The van der Waals surface area contributed by atoms with Crippen LogP contribution in [0.2, 0.25) is 0 Å². The van der Waals surface area contributed by atoms with Crippen molar-refractivity contribution in [2.45, 2.75) is 24.5 Å². The predicted octanol–water partition coefficient (Wildman–Crippen LogP) is 5.31. The molecule has 0 saturated carbocycles. The van der Waals surface area contributed by atoms with Crippen LogP contribution in [0.5, 0.6) is 0 Å². The van der Waals surface area contributed by atoms with E-state index in [1.165, 1.54) is 11.4 Å². The summed E-state index contributed by atoms with van der Waals surface area (Å²) in [5.74, 6) is 0. The lowest BCUT2D eigenvalue weighted by atomic mass is 10.2. The predicted molar refractivity (Wildman–Crippen MR) is 132 cm³/mol. The third-order valence-corrected chi connectivity index (χ3v) is 8.20. The van der Waals surface area contributed by atoms with E-state index in [2.05, 4.69) is 44.0 Å². The molecule has 0 amide bonds. The highest BCUT2D eigenvalue weighted by molar-refractivity contribution is 9.10. The highest BCUT2D eigenvalue weighted by atomic mass is 79.9. The maximum atomic E-state index is 12.9. The van der Waals surface area contributed by atoms with Gasteiger partial charge in [-0.3, -0.25) is 0 Å². The molecule has 0 unspecified atom stereocenters. The molecule has 0 saturated heterocycles. The fraction of sp³-hybridized carbons (Fsp3) is 0.217. The van der Waals surface area contributed by atoms with Crippen molar-refractivity contribution in [3.05, 3.63) is 75.2 Å². The molecule has 0 bridgehead atoms. The molecule has 162 valence electrons. The van der Waals surface area contributed by atoms with Gasteiger partial charge >= 0.3 is 0 Å². The normalized spacial score (nSPS) is 13.4. The van der Waals surface area contributed by atoms with Gasteiger partial charge in [0.15, 0.2) is 0 Å². The lowest BCUT2D eigenvalue weighted by molar-refractivity contribution is 0.136. The number of fused-ring (bicyclic) bond motifs is 3. The molecule has 0 spiro atoms. The summed E-state index contributed by atoms with van der Waals surface area (Å²) in [4.78, 5) is 0.222. The molecule has 1 aromatic heterocycles. The fourth-order valence-electron chi connectivity index (χ4n) is 3.80. The van der Waals surface area contributed by atoms with E-state index in [9.17, 15) is 13.5 Å². The number of rotatable bonds is 6. The zero-order valence-corrected chi connectivity index (χ0v) is 21.1. The molecule has 4 aromatic rings. The third kappa shape index (κ3) is 4.45. The van der Waals surface area contributed by atoms with Crippen LogP contribution >= 0.6 is 31.9 Å². The summed E-state index contributed by atoms with van der Waals surface area (Å²) in [6.07, 6.45) is -0.878. The minimum absolute atomic E-state index is 0.00949. The highest BCUT2D eigenvalue weighted by Gasteiger charge is 2.24. The van der Waals surface area contributed by atoms with Crippen molar-refractivity contribution in [1.82, 2.24) is 8.87 Å². The first-order valence-electron chi connectivity index (χ1n) is 9.75. The van der Waals surface area contributed by atoms with Crippen LogP contribution in [-0.2, 0) is 16.6 Å². The van der Waals surface area contributed by atoms with Crippen LogP contribution in [0.25, 0.3) is 21.8 Å². The van der Waals surface area contributed by atoms with Gasteiger partial charge < -0.3 is 9.67 Å². The van der Waals surface area contributed by atoms with Gasteiger partial charge in [-0.15, -0.1) is 0 Å². The third-order valence-electron chi connectivity index (χ3n) is 5.38. The van der Waals surface area contributed by atoms with Crippen LogP contribution in [0, 0.1) is 6.92 Å². The van der Waals surface area contributed by atoms with Crippen molar-refractivity contribution in [3.63, 3.8) is 0 Å². The van der Waals surface area contributed by atoms with Crippen molar-refractivity contribution in [2.24, 2.45) is 0 Å². The number of aliphatic hydroxyl groups is 1. The summed E-state index contributed by atoms with van der Waals surface area (Å²) in [6, 6.07) is 18.8. The van der Waals surface area contributed by atoms with Gasteiger partial charge in [-0.1, -0.05) is 49.6 Å². The minimum atomic E-state index is -3.67. The smallest absolute Gasteiger partial charge is 0.242 e. The van der Waals surface area contributed by atoms with Gasteiger partial charge in [-0.05, 0) is 55.5 Å². The van der Waals surface area contributed by atoms with Crippen LogP contribution < -0.4 is 0 Å². The Bertz CT molecular complexity index is 1310. The second-order valence-corrected chi connectivity index (χ2v) is 11.6. The Morgan fingerprint density at radius 3 is 1.97 bits per heavy atom. The van der Waals surface area contributed by atoms with Crippen molar-refractivity contribution >= 4 is 63.7 Å². The first-order chi connectivity index (χ1) is 14.7. The molecule has 3 aromatic carbocycles. The quantitative estimate of drug-likeness (QED) is 0.344. The van der Waals surface area contributed by atoms with Gasteiger partial charge in [-0.25, -0.2) is 8.42 Å². The number of halogens is 2. The molecule has 1 atom stereocenters. The molecule has 4 rings (SSSR count). The molecule has 0 aliphatic carbocycles. The van der Waals surface area contributed by atoms with Gasteiger partial charge in [0, 0.05) is 44.3 Å². The number of hydrogen-bond donors (Lipinski definition) is 1. The van der Waals surface area contributed by atoms with E-state index in [4.69, 9.17) is 0 Å². The maximum Gasteiger partial charge on any atom is 0.242 e. The Kier molecular flexibility index (Phi) is 6.29. The topological polar surface area (TPSA) is 62.5 Å². The van der Waals surface area contributed by atoms with Crippen LogP contribution in [0.1, 0.15) is 5.56 Å². The molecule has 0 aliphatic heterocycles. The molecule has 1 N–H and O–H groups in total. The second kappa shape index (κ2) is 8.67. The monoisotopic (exact) mass is 564 g/mol. The number of sulfonamides is 1. The van der Waals surface area contributed by atoms with Crippen molar-refractivity contribution in [1.29, 1.82) is 0 Å². The molecule has 31 heavy (non-hydrogen) atoms. The highest BCUT2D eigenvalue weighted by Crippen LogP contribution is 2.33. The number of hydrogen-bond acceptors (Lipinski definition) is 3. The molecular formula is C23H22Br2N2O3S. The molecule has 1 heterocycles. The molecule has 5 nitrogen and oxygen atoms in total. The van der Waals surface area contributed by atoms with E-state index in [0.717, 1.165) is 36.3 Å². The molecule has 0 radical (unpaired) electrons. The Labute approximate surface area is 198 Å². The molecular weight excluding hydrogens is 544 g/mol. The summed E-state index contributed by atoms with van der Waals surface area (Å²) in [6.45, 7) is 2.17. The SMILES string of the molecule is Cc1ccc(S(=O)(=O)N(C)C[C@@H](O)Cn2c3ccc(Br)cc3c3cc(Br)ccc32)cc1. The van der Waals surface area contributed by atoms with E-state index >= 15 is 0 Å². The molecule has 8 heteroatoms. The number of aryl methyl sites for hydroxylation is 1. The van der Waals surface area contributed by atoms with Crippen LogP contribution in [0.3, 0.4) is 0 Å². The van der Waals surface area contributed by atoms with Crippen LogP contribution in [0.15, 0.2) is 74.5 Å². The Balaban J connectivity index is 1.64. The Morgan fingerprint density at radius 2 is 1.45 bits per heavy atom. The van der Waals surface area contributed by atoms with Gasteiger partial charge in [0.05, 0.1) is 17.5 Å². The number of likely N-dealkylation sites (N-methyl/N-ethyl adjacent to an activating group) is 1. The largest absolute Gasteiger partial charge is 0.390 e. The Morgan fingerprint density at radius 1 is 0.935 bits per heavy atom. The van der Waals surface area contributed by atoms with Crippen LogP contribution in [-0.4, -0.2) is 42.1 Å². The number of aromatic nitrogens is 1. The number of aliphatic hydroxyl groups excluding tert-OH is 1. The fourth-order valence-corrected chi connectivity index (χ4v) is 5.73. The first kappa shape index (κ1) is 22.5. The summed E-state index contributed by atoms with van der Waals surface area (Å²) in [7, 11) is -2.18. The summed E-state index contributed by atoms with van der Waals surface area (Å²) in [5, 5.41) is 13.0. The number of nitrogens with zero attached hydrogens (tertiary/aromatic N) is 2. The molecule has 0 fully saturated rings. The lowest BCUT2D eigenvalue weighted by Gasteiger charge is -2.22. The Hall–Kier alpha value is -1.71. The zero-order chi connectivity index (χ0) is 22.3. The number of benzene rings is 3. The van der Waals surface area contributed by atoms with E-state index in [1.54, 1.807) is 24.3 Å². The zero-order valence-electron chi connectivity index (χ0n) is 17.1. The van der Waals surface area contributed by atoms with Gasteiger partial charge in [-0.2, -0.15) is 4.31 Å². The van der Waals surface area contributed by atoms with Crippen molar-refractivity contribution in [2.75, 3.05) is 13.6 Å². The second-order valence-electron chi connectivity index (χ2n) is 7.69. The van der Waals surface area contributed by atoms with Gasteiger partial charge in [0.1, 0.15) is 0 Å². The van der Waals surface area contributed by atoms with E-state index in [1.807, 2.05) is 35.8 Å². The van der Waals surface area contributed by atoms with Gasteiger partial charge in [0.2, 0.25) is 10.0 Å². The molecule has 0 aliphatic rings. The minimum Gasteiger partial charge on any atom is -0.390 e. The van der Waals surface area contributed by atoms with E-state index in [0.29, 0.717) is 0 Å². The first-order valence-corrected chi connectivity index (χ1v) is 12.8.